The highest BCUT2D eigenvalue weighted by molar-refractivity contribution is 7.47. The van der Waals surface area contributed by atoms with Crippen molar-refractivity contribution in [3.05, 3.63) is 0 Å². The molecule has 0 amide bonds. The zero-order valence-corrected chi connectivity index (χ0v) is 65.5. The molecule has 0 aliphatic carbocycles. The van der Waals surface area contributed by atoms with E-state index in [0.29, 0.717) is 25.7 Å². The van der Waals surface area contributed by atoms with E-state index in [1.807, 2.05) is 0 Å². The highest BCUT2D eigenvalue weighted by Gasteiger charge is 2.30. The van der Waals surface area contributed by atoms with Crippen LogP contribution in [-0.2, 0) is 65.4 Å². The summed E-state index contributed by atoms with van der Waals surface area (Å²) < 4.78 is 68.6. The zero-order chi connectivity index (χ0) is 71.7. The molecule has 0 bridgehead atoms. The normalized spacial score (nSPS) is 14.1. The predicted octanol–water partition coefficient (Wildman–Crippen LogP) is 22.8. The number of hydrogen-bond donors (Lipinski definition) is 3. The Labute approximate surface area is 594 Å². The maximum atomic E-state index is 13.1. The Bertz CT molecular complexity index is 1900. The summed E-state index contributed by atoms with van der Waals surface area (Å²) in [7, 11) is -9.92. The minimum Gasteiger partial charge on any atom is -0.462 e. The van der Waals surface area contributed by atoms with Gasteiger partial charge in [-0.1, -0.05) is 344 Å². The molecular formula is C78H152O17P2. The van der Waals surface area contributed by atoms with Gasteiger partial charge in [0.25, 0.3) is 0 Å². The molecule has 97 heavy (non-hydrogen) atoms. The maximum Gasteiger partial charge on any atom is 0.472 e. The van der Waals surface area contributed by atoms with Crippen LogP contribution in [0.5, 0.6) is 0 Å². The Morgan fingerprint density at radius 3 is 0.639 bits per heavy atom. The van der Waals surface area contributed by atoms with Crippen LogP contribution in [0, 0.1) is 23.7 Å². The molecule has 19 heteroatoms. The van der Waals surface area contributed by atoms with E-state index in [-0.39, 0.29) is 25.7 Å². The van der Waals surface area contributed by atoms with E-state index >= 15 is 0 Å². The van der Waals surface area contributed by atoms with Crippen LogP contribution in [0.4, 0.5) is 0 Å². The molecule has 0 aromatic carbocycles. The van der Waals surface area contributed by atoms with E-state index in [4.69, 9.17) is 37.0 Å². The summed E-state index contributed by atoms with van der Waals surface area (Å²) in [5.74, 6) is 0.951. The van der Waals surface area contributed by atoms with Crippen molar-refractivity contribution in [3.63, 3.8) is 0 Å². The van der Waals surface area contributed by atoms with Crippen molar-refractivity contribution in [1.82, 2.24) is 0 Å². The molecule has 5 atom stereocenters. The number of unbranched alkanes of at least 4 members (excludes halogenated alkanes) is 41. The van der Waals surface area contributed by atoms with Gasteiger partial charge < -0.3 is 33.8 Å². The summed E-state index contributed by atoms with van der Waals surface area (Å²) in [4.78, 5) is 72.9. The lowest BCUT2D eigenvalue weighted by atomic mass is 10.0. The van der Waals surface area contributed by atoms with Crippen molar-refractivity contribution in [2.45, 2.75) is 414 Å². The molecule has 0 saturated heterocycles. The van der Waals surface area contributed by atoms with E-state index in [9.17, 15) is 43.2 Å². The van der Waals surface area contributed by atoms with Crippen LogP contribution in [0.2, 0.25) is 0 Å². The first kappa shape index (κ1) is 95.1. The van der Waals surface area contributed by atoms with E-state index in [1.165, 1.54) is 199 Å². The molecule has 0 rings (SSSR count). The summed E-state index contributed by atoms with van der Waals surface area (Å²) in [6, 6.07) is 0. The average Bonchev–Trinajstić information content (AvgIpc) is 1.44. The number of phosphoric ester groups is 2. The second-order valence-electron chi connectivity index (χ2n) is 30.0. The molecule has 0 aromatic rings. The first-order valence-corrected chi connectivity index (χ1v) is 43.2. The lowest BCUT2D eigenvalue weighted by Crippen LogP contribution is -2.30. The first-order valence-electron chi connectivity index (χ1n) is 40.2. The Morgan fingerprint density at radius 1 is 0.258 bits per heavy atom. The fourth-order valence-electron chi connectivity index (χ4n) is 11.9. The van der Waals surface area contributed by atoms with Crippen molar-refractivity contribution in [1.29, 1.82) is 0 Å². The number of hydrogen-bond acceptors (Lipinski definition) is 15. The summed E-state index contributed by atoms with van der Waals surface area (Å²) in [6.45, 7) is 14.2. The molecule has 0 aliphatic heterocycles. The van der Waals surface area contributed by atoms with Gasteiger partial charge in [-0.25, -0.2) is 9.13 Å². The molecule has 576 valence electrons. The van der Waals surface area contributed by atoms with Gasteiger partial charge in [-0.05, 0) is 49.4 Å². The lowest BCUT2D eigenvalue weighted by molar-refractivity contribution is -0.161. The predicted molar refractivity (Wildman–Crippen MR) is 395 cm³/mol. The Morgan fingerprint density at radius 2 is 0.433 bits per heavy atom. The third-order valence-corrected chi connectivity index (χ3v) is 20.0. The van der Waals surface area contributed by atoms with Gasteiger partial charge in [-0.3, -0.25) is 37.3 Å². The summed E-state index contributed by atoms with van der Waals surface area (Å²) >= 11 is 0. The Kier molecular flexibility index (Phi) is 65.9. The minimum absolute atomic E-state index is 0.106. The SMILES string of the molecule is CC(C)CCCCCCCCCCCCCCCCC(=O)O[C@H](COC(=O)CCCCCCCCCCCCCCC(C)C)COP(=O)(O)OC[C@@H](O)COP(=O)(O)OC[C@@H](COC(=O)CCCCCCCCCCC(C)C)OC(=O)CCCCCCCCCCCCCC(C)C. The van der Waals surface area contributed by atoms with Crippen LogP contribution in [-0.4, -0.2) is 96.7 Å². The fourth-order valence-corrected chi connectivity index (χ4v) is 13.5. The van der Waals surface area contributed by atoms with E-state index in [1.54, 1.807) is 0 Å². The number of carbonyl (C=O) groups is 4. The number of rotatable bonds is 75. The van der Waals surface area contributed by atoms with Gasteiger partial charge in [0.15, 0.2) is 12.2 Å². The van der Waals surface area contributed by atoms with Crippen LogP contribution >= 0.6 is 15.6 Å². The van der Waals surface area contributed by atoms with E-state index in [2.05, 4.69) is 55.4 Å². The highest BCUT2D eigenvalue weighted by atomic mass is 31.2. The van der Waals surface area contributed by atoms with Gasteiger partial charge in [0.2, 0.25) is 0 Å². The quantitative estimate of drug-likeness (QED) is 0.0222. The number of esters is 4. The standard InChI is InChI=1S/C78H152O17P2/c1-68(2)54-46-38-30-22-16-11-9-10-12-20-26-36-44-52-60-77(82)94-73(64-88-75(80)58-50-42-34-25-19-14-13-17-23-31-39-47-55-69(3)4)66-92-96(84,85)90-62-72(79)63-91-97(86,87)93-67-74(65-89-76(81)59-51-43-35-29-28-33-41-49-57-71(7)8)95-78(83)61-53-45-37-27-21-15-18-24-32-40-48-56-70(5)6/h68-74,79H,9-67H2,1-8H3,(H,84,85)(H,86,87)/t72-,73-,74-/m1/s1. The number of aliphatic hydroxyl groups is 1. The minimum atomic E-state index is -4.96. The van der Waals surface area contributed by atoms with Crippen molar-refractivity contribution in [2.24, 2.45) is 23.7 Å². The van der Waals surface area contributed by atoms with Crippen LogP contribution in [0.3, 0.4) is 0 Å². The highest BCUT2D eigenvalue weighted by Crippen LogP contribution is 2.45. The van der Waals surface area contributed by atoms with E-state index in [0.717, 1.165) is 114 Å². The number of aliphatic hydroxyl groups excluding tert-OH is 1. The molecule has 0 radical (unpaired) electrons. The topological polar surface area (TPSA) is 237 Å². The van der Waals surface area contributed by atoms with Crippen molar-refractivity contribution in [3.8, 4) is 0 Å². The molecule has 0 aromatic heterocycles. The summed E-state index contributed by atoms with van der Waals surface area (Å²) in [6.07, 6.45) is 52.7. The molecule has 17 nitrogen and oxygen atoms in total. The van der Waals surface area contributed by atoms with Gasteiger partial charge in [0, 0.05) is 25.7 Å². The average molecular weight is 1420 g/mol. The first-order chi connectivity index (χ1) is 46.6. The van der Waals surface area contributed by atoms with Crippen molar-refractivity contribution >= 4 is 39.5 Å². The second-order valence-corrected chi connectivity index (χ2v) is 32.9. The lowest BCUT2D eigenvalue weighted by Gasteiger charge is -2.21. The number of phosphoric acid groups is 2. The molecular weight excluding hydrogens is 1270 g/mol. The molecule has 3 N–H and O–H groups in total. The smallest absolute Gasteiger partial charge is 0.462 e. The number of carbonyl (C=O) groups excluding carboxylic acids is 4. The van der Waals surface area contributed by atoms with Gasteiger partial charge in [0.1, 0.15) is 19.3 Å². The molecule has 0 heterocycles. The van der Waals surface area contributed by atoms with Crippen molar-refractivity contribution < 1.29 is 80.2 Å². The van der Waals surface area contributed by atoms with Gasteiger partial charge >= 0.3 is 39.5 Å². The summed E-state index contributed by atoms with van der Waals surface area (Å²) in [5, 5.41) is 10.6. The maximum absolute atomic E-state index is 13.1. The zero-order valence-electron chi connectivity index (χ0n) is 63.7. The third-order valence-electron chi connectivity index (χ3n) is 18.1. The Hall–Kier alpha value is -1.94. The van der Waals surface area contributed by atoms with Gasteiger partial charge in [0.05, 0.1) is 26.4 Å². The fraction of sp³-hybridized carbons (Fsp3) is 0.949. The second kappa shape index (κ2) is 67.2. The van der Waals surface area contributed by atoms with Crippen LogP contribution in [0.1, 0.15) is 396 Å². The third kappa shape index (κ3) is 72.2. The molecule has 0 saturated carbocycles. The molecule has 0 fully saturated rings. The van der Waals surface area contributed by atoms with Gasteiger partial charge in [-0.15, -0.1) is 0 Å². The Balaban J connectivity index is 5.27. The molecule has 2 unspecified atom stereocenters. The van der Waals surface area contributed by atoms with Crippen molar-refractivity contribution in [2.75, 3.05) is 39.6 Å². The molecule has 0 aliphatic rings. The largest absolute Gasteiger partial charge is 0.472 e. The van der Waals surface area contributed by atoms with Crippen LogP contribution in [0.25, 0.3) is 0 Å². The number of ether oxygens (including phenoxy) is 4. The van der Waals surface area contributed by atoms with E-state index < -0.39 is 97.5 Å². The van der Waals surface area contributed by atoms with Crippen LogP contribution < -0.4 is 0 Å². The van der Waals surface area contributed by atoms with Gasteiger partial charge in [-0.2, -0.15) is 0 Å². The monoisotopic (exact) mass is 1420 g/mol. The summed E-state index contributed by atoms with van der Waals surface area (Å²) in [5.41, 5.74) is 0. The van der Waals surface area contributed by atoms with Crippen LogP contribution in [0.15, 0.2) is 0 Å². The molecule has 0 spiro atoms.